The van der Waals surface area contributed by atoms with E-state index in [4.69, 9.17) is 11.6 Å². The standard InChI is InChI=1S/C20H16ClN5OS/c21-18-17(14-12-23-26-9-4-3-7-16(14)26)24-19(28-18)20(27)25-10-8-22-11-13-5-1-2-6-15(13)25/h1-7,9,12,22H,8,10-11H2. The first-order chi connectivity index (χ1) is 13.7. The molecule has 1 N–H and O–H groups in total. The molecule has 4 heterocycles. The van der Waals surface area contributed by atoms with Crippen molar-refractivity contribution in [3.8, 4) is 11.3 Å². The van der Waals surface area contributed by atoms with E-state index in [1.807, 2.05) is 48.7 Å². The number of nitrogens with one attached hydrogen (secondary N) is 1. The Hall–Kier alpha value is -2.74. The molecule has 0 saturated carbocycles. The minimum atomic E-state index is -0.134. The predicted octanol–water partition coefficient (Wildman–Crippen LogP) is 3.86. The van der Waals surface area contributed by atoms with Crippen LogP contribution in [0.1, 0.15) is 15.4 Å². The Morgan fingerprint density at radius 2 is 2.04 bits per heavy atom. The number of fused-ring (bicyclic) bond motifs is 2. The number of aromatic nitrogens is 3. The average Bonchev–Trinajstić information content (AvgIpc) is 3.24. The number of anilines is 1. The summed E-state index contributed by atoms with van der Waals surface area (Å²) in [4.78, 5) is 19.7. The van der Waals surface area contributed by atoms with Crippen LogP contribution in [0.5, 0.6) is 0 Å². The highest BCUT2D eigenvalue weighted by Crippen LogP contribution is 2.36. The molecule has 4 aromatic rings. The third-order valence-electron chi connectivity index (χ3n) is 4.81. The van der Waals surface area contributed by atoms with Gasteiger partial charge in [-0.3, -0.25) is 4.79 Å². The van der Waals surface area contributed by atoms with Crippen LogP contribution in [-0.4, -0.2) is 33.6 Å². The number of rotatable bonds is 2. The van der Waals surface area contributed by atoms with Crippen LogP contribution in [0, 0.1) is 0 Å². The van der Waals surface area contributed by atoms with E-state index in [0.29, 0.717) is 21.6 Å². The van der Waals surface area contributed by atoms with Crippen LogP contribution < -0.4 is 10.2 Å². The number of carbonyl (C=O) groups excluding carboxylic acids is 1. The number of thiazole rings is 1. The fourth-order valence-electron chi connectivity index (χ4n) is 3.46. The van der Waals surface area contributed by atoms with E-state index >= 15 is 0 Å². The van der Waals surface area contributed by atoms with Gasteiger partial charge >= 0.3 is 0 Å². The number of para-hydroxylation sites is 1. The van der Waals surface area contributed by atoms with Gasteiger partial charge in [0.15, 0.2) is 5.01 Å². The molecule has 1 amide bonds. The molecule has 0 saturated heterocycles. The van der Waals surface area contributed by atoms with Gasteiger partial charge in [0.1, 0.15) is 10.0 Å². The highest BCUT2D eigenvalue weighted by Gasteiger charge is 2.26. The summed E-state index contributed by atoms with van der Waals surface area (Å²) < 4.78 is 2.26. The van der Waals surface area contributed by atoms with E-state index in [9.17, 15) is 4.79 Å². The van der Waals surface area contributed by atoms with E-state index < -0.39 is 0 Å². The van der Waals surface area contributed by atoms with Crippen molar-refractivity contribution in [1.82, 2.24) is 19.9 Å². The molecule has 0 atom stereocenters. The van der Waals surface area contributed by atoms with Gasteiger partial charge < -0.3 is 10.2 Å². The van der Waals surface area contributed by atoms with E-state index in [0.717, 1.165) is 35.4 Å². The molecule has 8 heteroatoms. The summed E-state index contributed by atoms with van der Waals surface area (Å²) >= 11 is 7.70. The second-order valence-corrected chi connectivity index (χ2v) is 8.09. The first-order valence-electron chi connectivity index (χ1n) is 8.92. The molecule has 0 spiro atoms. The van der Waals surface area contributed by atoms with Gasteiger partial charge in [0.05, 0.1) is 11.7 Å². The third kappa shape index (κ3) is 2.88. The average molecular weight is 410 g/mol. The molecule has 6 nitrogen and oxygen atoms in total. The van der Waals surface area contributed by atoms with E-state index in [1.165, 1.54) is 11.3 Å². The highest BCUT2D eigenvalue weighted by molar-refractivity contribution is 7.18. The monoisotopic (exact) mass is 409 g/mol. The molecule has 1 aliphatic heterocycles. The maximum Gasteiger partial charge on any atom is 0.287 e. The summed E-state index contributed by atoms with van der Waals surface area (Å²) in [6, 6.07) is 13.7. The first kappa shape index (κ1) is 17.4. The molecule has 3 aromatic heterocycles. The lowest BCUT2D eigenvalue weighted by Crippen LogP contribution is -2.34. The molecule has 1 aliphatic rings. The number of carbonyl (C=O) groups is 1. The van der Waals surface area contributed by atoms with Crippen LogP contribution >= 0.6 is 22.9 Å². The maximum atomic E-state index is 13.3. The number of hydrogen-bond acceptors (Lipinski definition) is 5. The lowest BCUT2D eigenvalue weighted by molar-refractivity contribution is 0.0987. The first-order valence-corrected chi connectivity index (χ1v) is 10.1. The van der Waals surface area contributed by atoms with Crippen LogP contribution in [0.25, 0.3) is 16.8 Å². The Morgan fingerprint density at radius 3 is 2.96 bits per heavy atom. The highest BCUT2D eigenvalue weighted by atomic mass is 35.5. The Kier molecular flexibility index (Phi) is 4.35. The second kappa shape index (κ2) is 7.01. The van der Waals surface area contributed by atoms with E-state index in [-0.39, 0.29) is 5.91 Å². The summed E-state index contributed by atoms with van der Waals surface area (Å²) in [5.74, 6) is -0.134. The van der Waals surface area contributed by atoms with Crippen molar-refractivity contribution in [3.05, 3.63) is 69.8 Å². The Morgan fingerprint density at radius 1 is 1.18 bits per heavy atom. The second-order valence-electron chi connectivity index (χ2n) is 6.49. The summed E-state index contributed by atoms with van der Waals surface area (Å²) in [6.07, 6.45) is 3.60. The van der Waals surface area contributed by atoms with Gasteiger partial charge in [-0.1, -0.05) is 47.2 Å². The number of nitrogens with zero attached hydrogens (tertiary/aromatic N) is 4. The summed E-state index contributed by atoms with van der Waals surface area (Å²) in [5.41, 5.74) is 4.33. The topological polar surface area (TPSA) is 62.5 Å². The van der Waals surface area contributed by atoms with Gasteiger partial charge in [-0.15, -0.1) is 0 Å². The maximum absolute atomic E-state index is 13.3. The zero-order valence-electron chi connectivity index (χ0n) is 14.8. The molecule has 0 unspecified atom stereocenters. The van der Waals surface area contributed by atoms with Crippen molar-refractivity contribution in [3.63, 3.8) is 0 Å². The molecule has 1 aromatic carbocycles. The zero-order valence-corrected chi connectivity index (χ0v) is 16.4. The number of halogens is 1. The molecule has 28 heavy (non-hydrogen) atoms. The van der Waals surface area contributed by atoms with E-state index in [1.54, 1.807) is 15.6 Å². The molecule has 140 valence electrons. The van der Waals surface area contributed by atoms with Gasteiger partial charge in [0.2, 0.25) is 0 Å². The zero-order chi connectivity index (χ0) is 19.1. The Labute approximate surface area is 170 Å². The molecule has 0 aliphatic carbocycles. The Bertz CT molecular complexity index is 1180. The number of pyridine rings is 1. The molecule has 5 rings (SSSR count). The van der Waals surface area contributed by atoms with Crippen molar-refractivity contribution >= 4 is 40.0 Å². The molecule has 0 fully saturated rings. The fraction of sp³-hybridized carbons (Fsp3) is 0.150. The van der Waals surface area contributed by atoms with Gasteiger partial charge in [0, 0.05) is 37.1 Å². The van der Waals surface area contributed by atoms with Gasteiger partial charge in [-0.2, -0.15) is 5.10 Å². The van der Waals surface area contributed by atoms with Gasteiger partial charge in [0.25, 0.3) is 5.91 Å². The molecular formula is C20H16ClN5OS. The van der Waals surface area contributed by atoms with Crippen LogP contribution in [-0.2, 0) is 6.54 Å². The number of amides is 1. The van der Waals surface area contributed by atoms with Gasteiger partial charge in [-0.05, 0) is 23.8 Å². The van der Waals surface area contributed by atoms with Gasteiger partial charge in [-0.25, -0.2) is 9.50 Å². The quantitative estimate of drug-likeness (QED) is 0.546. The normalized spacial score (nSPS) is 14.1. The lowest BCUT2D eigenvalue weighted by Gasteiger charge is -2.21. The summed E-state index contributed by atoms with van der Waals surface area (Å²) in [6.45, 7) is 2.05. The summed E-state index contributed by atoms with van der Waals surface area (Å²) in [5, 5.41) is 8.07. The number of hydrogen-bond donors (Lipinski definition) is 1. The molecule has 0 bridgehead atoms. The van der Waals surface area contributed by atoms with Crippen LogP contribution in [0.4, 0.5) is 5.69 Å². The lowest BCUT2D eigenvalue weighted by atomic mass is 10.1. The van der Waals surface area contributed by atoms with E-state index in [2.05, 4.69) is 15.4 Å². The van der Waals surface area contributed by atoms with Crippen molar-refractivity contribution in [1.29, 1.82) is 0 Å². The SMILES string of the molecule is O=C(c1nc(-c2cnn3ccccc23)c(Cl)s1)N1CCNCc2ccccc21. The van der Waals surface area contributed by atoms with Crippen molar-refractivity contribution < 1.29 is 4.79 Å². The van der Waals surface area contributed by atoms with Crippen molar-refractivity contribution in [2.24, 2.45) is 0 Å². The summed E-state index contributed by atoms with van der Waals surface area (Å²) in [7, 11) is 0. The smallest absolute Gasteiger partial charge is 0.287 e. The van der Waals surface area contributed by atoms with Crippen LogP contribution in [0.2, 0.25) is 4.34 Å². The minimum Gasteiger partial charge on any atom is -0.311 e. The fourth-order valence-corrected chi connectivity index (χ4v) is 4.58. The van der Waals surface area contributed by atoms with Crippen LogP contribution in [0.3, 0.4) is 0 Å². The molecule has 0 radical (unpaired) electrons. The predicted molar refractivity (Wildman–Crippen MR) is 111 cm³/mol. The largest absolute Gasteiger partial charge is 0.311 e. The third-order valence-corrected chi connectivity index (χ3v) is 6.05. The minimum absolute atomic E-state index is 0.134. The molecular weight excluding hydrogens is 394 g/mol. The number of benzene rings is 1. The Balaban J connectivity index is 1.55. The van der Waals surface area contributed by atoms with Crippen molar-refractivity contribution in [2.75, 3.05) is 18.0 Å². The van der Waals surface area contributed by atoms with Crippen LogP contribution in [0.15, 0.2) is 54.9 Å². The van der Waals surface area contributed by atoms with Crippen molar-refractivity contribution in [2.45, 2.75) is 6.54 Å².